The van der Waals surface area contributed by atoms with Gasteiger partial charge in [0.15, 0.2) is 5.75 Å². The summed E-state index contributed by atoms with van der Waals surface area (Å²) < 4.78 is 71.8. The molecule has 0 heterocycles. The molecule has 10 nitrogen and oxygen atoms in total. The molecule has 0 radical (unpaired) electrons. The first-order valence-electron chi connectivity index (χ1n) is 4.58. The highest BCUT2D eigenvalue weighted by molar-refractivity contribution is 7.81. The lowest BCUT2D eigenvalue weighted by atomic mass is 10.2. The van der Waals surface area contributed by atoms with Crippen molar-refractivity contribution >= 4 is 26.8 Å². The molecule has 0 aromatic heterocycles. The van der Waals surface area contributed by atoms with Crippen molar-refractivity contribution in [3.63, 3.8) is 0 Å². The molecule has 1 rings (SSSR count). The summed E-state index contributed by atoms with van der Waals surface area (Å²) in [6.07, 6.45) is 0. The molecule has 1 aromatic rings. The van der Waals surface area contributed by atoms with E-state index in [0.717, 1.165) is 19.2 Å². The molecule has 0 aliphatic heterocycles. The van der Waals surface area contributed by atoms with E-state index in [1.807, 2.05) is 0 Å². The van der Waals surface area contributed by atoms with Gasteiger partial charge in [-0.15, -0.1) is 0 Å². The Bertz CT molecular complexity index is 718. The minimum atomic E-state index is -4.98. The van der Waals surface area contributed by atoms with Crippen molar-refractivity contribution in [1.82, 2.24) is 0 Å². The van der Waals surface area contributed by atoms with Gasteiger partial charge >= 0.3 is 26.8 Å². The first-order valence-corrected chi connectivity index (χ1v) is 7.31. The maximum atomic E-state index is 11.3. The number of methoxy groups -OCH3 is 1. The van der Waals surface area contributed by atoms with Crippen LogP contribution in [-0.4, -0.2) is 39.0 Å². The van der Waals surface area contributed by atoms with Gasteiger partial charge in [-0.2, -0.15) is 16.8 Å². The van der Waals surface area contributed by atoms with E-state index >= 15 is 0 Å². The number of carbonyl (C=O) groups excluding carboxylic acids is 1. The van der Waals surface area contributed by atoms with Crippen LogP contribution in [0.3, 0.4) is 0 Å². The van der Waals surface area contributed by atoms with Gasteiger partial charge in [0.2, 0.25) is 0 Å². The highest BCUT2D eigenvalue weighted by Crippen LogP contribution is 2.27. The summed E-state index contributed by atoms with van der Waals surface area (Å²) in [5.74, 6) is -2.32. The lowest BCUT2D eigenvalue weighted by Crippen LogP contribution is -2.12. The van der Waals surface area contributed by atoms with Crippen LogP contribution >= 0.6 is 0 Å². The second-order valence-electron chi connectivity index (χ2n) is 3.17. The van der Waals surface area contributed by atoms with E-state index in [4.69, 9.17) is 9.11 Å². The minimum absolute atomic E-state index is 0.423. The van der Waals surface area contributed by atoms with Crippen molar-refractivity contribution in [2.75, 3.05) is 7.11 Å². The number of esters is 1. The molecule has 0 unspecified atom stereocenters. The highest BCUT2D eigenvalue weighted by Gasteiger charge is 2.20. The fourth-order valence-electron chi connectivity index (χ4n) is 1.14. The number of hydrogen-bond donors (Lipinski definition) is 2. The zero-order valence-electron chi connectivity index (χ0n) is 9.71. The van der Waals surface area contributed by atoms with Crippen molar-refractivity contribution in [2.45, 2.75) is 0 Å². The minimum Gasteiger partial charge on any atom is -0.465 e. The first-order chi connectivity index (χ1) is 9.02. The predicted octanol–water partition coefficient (Wildman–Crippen LogP) is -0.164. The molecule has 0 aliphatic rings. The molecule has 0 bridgehead atoms. The van der Waals surface area contributed by atoms with E-state index in [1.165, 1.54) is 0 Å². The Morgan fingerprint density at radius 3 is 2.05 bits per heavy atom. The van der Waals surface area contributed by atoms with Gasteiger partial charge in [-0.25, -0.2) is 4.79 Å². The van der Waals surface area contributed by atoms with Crippen molar-refractivity contribution in [1.29, 1.82) is 0 Å². The van der Waals surface area contributed by atoms with Crippen molar-refractivity contribution in [3.8, 4) is 11.5 Å². The average Bonchev–Trinajstić information content (AvgIpc) is 2.24. The van der Waals surface area contributed by atoms with Gasteiger partial charge in [-0.1, -0.05) is 0 Å². The van der Waals surface area contributed by atoms with Crippen LogP contribution in [0.5, 0.6) is 11.5 Å². The molecular weight excluding hydrogens is 320 g/mol. The normalized spacial score (nSPS) is 11.8. The maximum Gasteiger partial charge on any atom is 0.446 e. The molecule has 0 aliphatic carbocycles. The summed E-state index contributed by atoms with van der Waals surface area (Å²) in [6, 6.07) is 2.48. The van der Waals surface area contributed by atoms with E-state index in [0.29, 0.717) is 6.07 Å². The number of ether oxygens (including phenoxy) is 1. The highest BCUT2D eigenvalue weighted by atomic mass is 32.3. The Morgan fingerprint density at radius 1 is 1.05 bits per heavy atom. The van der Waals surface area contributed by atoms with Gasteiger partial charge in [0.1, 0.15) is 11.3 Å². The second-order valence-corrected chi connectivity index (χ2v) is 5.22. The molecule has 20 heavy (non-hydrogen) atoms. The number of rotatable bonds is 5. The smallest absolute Gasteiger partial charge is 0.446 e. The van der Waals surface area contributed by atoms with Gasteiger partial charge in [0.05, 0.1) is 7.11 Å². The third kappa shape index (κ3) is 5.00. The first kappa shape index (κ1) is 16.2. The second kappa shape index (κ2) is 5.62. The zero-order valence-corrected chi connectivity index (χ0v) is 11.3. The van der Waals surface area contributed by atoms with Crippen LogP contribution in [0.4, 0.5) is 0 Å². The van der Waals surface area contributed by atoms with Crippen molar-refractivity contribution in [2.24, 2.45) is 0 Å². The Morgan fingerprint density at radius 2 is 1.60 bits per heavy atom. The molecule has 0 saturated heterocycles. The SMILES string of the molecule is COC(=O)c1ccc(OS(=O)(=O)O)cc1OS(=O)(=O)O. The van der Waals surface area contributed by atoms with Crippen LogP contribution in [0.2, 0.25) is 0 Å². The summed E-state index contributed by atoms with van der Waals surface area (Å²) in [5, 5.41) is 0. The van der Waals surface area contributed by atoms with E-state index in [9.17, 15) is 21.6 Å². The van der Waals surface area contributed by atoms with Crippen LogP contribution in [-0.2, 0) is 25.5 Å². The van der Waals surface area contributed by atoms with Crippen LogP contribution in [0, 0.1) is 0 Å². The lowest BCUT2D eigenvalue weighted by Gasteiger charge is -2.09. The summed E-state index contributed by atoms with van der Waals surface area (Å²) in [6.45, 7) is 0. The van der Waals surface area contributed by atoms with E-state index < -0.39 is 43.8 Å². The van der Waals surface area contributed by atoms with Gasteiger partial charge in [0, 0.05) is 6.07 Å². The van der Waals surface area contributed by atoms with Crippen LogP contribution in [0.15, 0.2) is 18.2 Å². The molecule has 112 valence electrons. The molecule has 0 amide bonds. The van der Waals surface area contributed by atoms with Crippen LogP contribution < -0.4 is 8.37 Å². The zero-order chi connectivity index (χ0) is 15.6. The molecule has 1 aromatic carbocycles. The van der Waals surface area contributed by atoms with Crippen LogP contribution in [0.25, 0.3) is 0 Å². The fourth-order valence-corrected chi connectivity index (χ4v) is 1.85. The third-order valence-corrected chi connectivity index (χ3v) is 2.55. The van der Waals surface area contributed by atoms with Crippen LogP contribution in [0.1, 0.15) is 10.4 Å². The van der Waals surface area contributed by atoms with Gasteiger partial charge in [-0.3, -0.25) is 9.11 Å². The predicted molar refractivity (Wildman–Crippen MR) is 62.1 cm³/mol. The Balaban J connectivity index is 3.32. The number of benzene rings is 1. The molecular formula is C8H8O10S2. The average molecular weight is 328 g/mol. The third-order valence-electron chi connectivity index (χ3n) is 1.76. The van der Waals surface area contributed by atoms with Gasteiger partial charge in [0.25, 0.3) is 0 Å². The fraction of sp³-hybridized carbons (Fsp3) is 0.125. The Labute approximate surface area is 113 Å². The number of hydrogen-bond acceptors (Lipinski definition) is 8. The lowest BCUT2D eigenvalue weighted by molar-refractivity contribution is 0.0599. The quantitative estimate of drug-likeness (QED) is 0.550. The summed E-state index contributed by atoms with van der Waals surface area (Å²) in [7, 11) is -8.83. The largest absolute Gasteiger partial charge is 0.465 e. The standard InChI is InChI=1S/C8H8O10S2/c1-16-8(9)6-3-2-5(17-19(10,11)12)4-7(6)18-20(13,14)15/h2-4H,1H3,(H,10,11,12)(H,13,14,15). The van der Waals surface area contributed by atoms with Gasteiger partial charge in [-0.05, 0) is 12.1 Å². The molecule has 12 heteroatoms. The molecule has 0 fully saturated rings. The summed E-state index contributed by atoms with van der Waals surface area (Å²) in [4.78, 5) is 11.3. The topological polar surface area (TPSA) is 154 Å². The molecule has 0 saturated carbocycles. The Kier molecular flexibility index (Phi) is 4.54. The van der Waals surface area contributed by atoms with Crippen molar-refractivity contribution < 1.29 is 43.8 Å². The molecule has 0 spiro atoms. The summed E-state index contributed by atoms with van der Waals surface area (Å²) in [5.41, 5.74) is -0.423. The maximum absolute atomic E-state index is 11.3. The summed E-state index contributed by atoms with van der Waals surface area (Å²) >= 11 is 0. The molecule has 0 atom stereocenters. The van der Waals surface area contributed by atoms with Crippen molar-refractivity contribution in [3.05, 3.63) is 23.8 Å². The van der Waals surface area contributed by atoms with Gasteiger partial charge < -0.3 is 13.1 Å². The Hall–Kier alpha value is -1.89. The van der Waals surface area contributed by atoms with E-state index in [1.54, 1.807) is 0 Å². The van der Waals surface area contributed by atoms with E-state index in [2.05, 4.69) is 13.1 Å². The number of carbonyl (C=O) groups is 1. The monoisotopic (exact) mass is 328 g/mol. The van der Waals surface area contributed by atoms with E-state index in [-0.39, 0.29) is 0 Å². The molecule has 2 N–H and O–H groups in total.